The molecule has 2 aromatic rings. The zero-order valence-corrected chi connectivity index (χ0v) is 19.3. The summed E-state index contributed by atoms with van der Waals surface area (Å²) in [4.78, 5) is 25.5. The van der Waals surface area contributed by atoms with E-state index in [1.807, 2.05) is 17.5 Å². The van der Waals surface area contributed by atoms with Crippen molar-refractivity contribution in [3.05, 3.63) is 35.2 Å². The molecule has 31 heavy (non-hydrogen) atoms. The van der Waals surface area contributed by atoms with E-state index in [2.05, 4.69) is 5.32 Å². The predicted octanol–water partition coefficient (Wildman–Crippen LogP) is 3.21. The maximum absolute atomic E-state index is 12.8. The van der Waals surface area contributed by atoms with Gasteiger partial charge in [0.1, 0.15) is 16.3 Å². The van der Waals surface area contributed by atoms with Gasteiger partial charge in [-0.1, -0.05) is 12.1 Å². The highest BCUT2D eigenvalue weighted by molar-refractivity contribution is 7.88. The van der Waals surface area contributed by atoms with Gasteiger partial charge in [0.2, 0.25) is 15.9 Å². The van der Waals surface area contributed by atoms with Crippen LogP contribution < -0.4 is 10.1 Å². The molecule has 1 aromatic carbocycles. The van der Waals surface area contributed by atoms with E-state index in [4.69, 9.17) is 9.47 Å². The fraction of sp³-hybridized carbons (Fsp3) is 0.429. The van der Waals surface area contributed by atoms with Crippen LogP contribution in [0, 0.1) is 5.92 Å². The summed E-state index contributed by atoms with van der Waals surface area (Å²) in [5.41, 5.74) is 1.80. The van der Waals surface area contributed by atoms with Gasteiger partial charge in [-0.3, -0.25) is 4.79 Å². The summed E-state index contributed by atoms with van der Waals surface area (Å²) in [6, 6.07) is 7.29. The molecular formula is C21H26N2O6S2. The van der Waals surface area contributed by atoms with E-state index >= 15 is 0 Å². The van der Waals surface area contributed by atoms with Crippen LogP contribution in [0.2, 0.25) is 0 Å². The van der Waals surface area contributed by atoms with Crippen LogP contribution >= 0.6 is 11.3 Å². The summed E-state index contributed by atoms with van der Waals surface area (Å²) in [5, 5.41) is 5.12. The van der Waals surface area contributed by atoms with Gasteiger partial charge >= 0.3 is 5.97 Å². The van der Waals surface area contributed by atoms with E-state index in [0.29, 0.717) is 47.8 Å². The Labute approximate surface area is 186 Å². The molecule has 168 valence electrons. The molecule has 0 saturated carbocycles. The fourth-order valence-corrected chi connectivity index (χ4v) is 5.34. The van der Waals surface area contributed by atoms with Crippen LogP contribution in [-0.4, -0.2) is 57.7 Å². The van der Waals surface area contributed by atoms with Crippen molar-refractivity contribution in [1.29, 1.82) is 0 Å². The standard InChI is InChI=1S/C21H26N2O6S2/c1-4-29-21(25)18-17(14-5-7-16(28-2)8-6-14)13-30-20(18)22-19(24)15-9-11-23(12-10-15)31(3,26)27/h5-8,13,15H,4,9-12H2,1-3H3,(H,22,24). The third-order valence-electron chi connectivity index (χ3n) is 5.20. The van der Waals surface area contributed by atoms with E-state index in [1.165, 1.54) is 21.9 Å². The van der Waals surface area contributed by atoms with Crippen molar-refractivity contribution in [3.8, 4) is 16.9 Å². The topological polar surface area (TPSA) is 102 Å². The second-order valence-corrected chi connectivity index (χ2v) is 10.1. The molecule has 1 fully saturated rings. The van der Waals surface area contributed by atoms with Crippen molar-refractivity contribution in [2.24, 2.45) is 5.92 Å². The van der Waals surface area contributed by atoms with Crippen molar-refractivity contribution >= 4 is 38.2 Å². The van der Waals surface area contributed by atoms with Gasteiger partial charge in [0.15, 0.2) is 0 Å². The minimum absolute atomic E-state index is 0.216. The second kappa shape index (κ2) is 9.80. The number of amides is 1. The van der Waals surface area contributed by atoms with Gasteiger partial charge in [-0.25, -0.2) is 17.5 Å². The predicted molar refractivity (Wildman–Crippen MR) is 120 cm³/mol. The Morgan fingerprint density at radius 2 is 1.84 bits per heavy atom. The Morgan fingerprint density at radius 3 is 2.39 bits per heavy atom. The Bertz CT molecular complexity index is 1040. The van der Waals surface area contributed by atoms with Gasteiger partial charge < -0.3 is 14.8 Å². The number of ether oxygens (including phenoxy) is 2. The van der Waals surface area contributed by atoms with Crippen LogP contribution in [0.1, 0.15) is 30.1 Å². The Balaban J connectivity index is 1.81. The number of nitrogens with one attached hydrogen (secondary N) is 1. The zero-order chi connectivity index (χ0) is 22.6. The molecule has 2 heterocycles. The normalized spacial score (nSPS) is 15.5. The lowest BCUT2D eigenvalue weighted by Crippen LogP contribution is -2.40. The second-order valence-electron chi connectivity index (χ2n) is 7.23. The lowest BCUT2D eigenvalue weighted by molar-refractivity contribution is -0.120. The summed E-state index contributed by atoms with van der Waals surface area (Å²) < 4.78 is 35.2. The van der Waals surface area contributed by atoms with Crippen molar-refractivity contribution in [2.75, 3.05) is 38.4 Å². The molecule has 1 aliphatic heterocycles. The third kappa shape index (κ3) is 5.44. The number of carbonyl (C=O) groups is 2. The number of benzene rings is 1. The van der Waals surface area contributed by atoms with E-state index in [9.17, 15) is 18.0 Å². The van der Waals surface area contributed by atoms with Crippen LogP contribution in [0.4, 0.5) is 5.00 Å². The number of anilines is 1. The number of nitrogens with zero attached hydrogens (tertiary/aromatic N) is 1. The first kappa shape index (κ1) is 23.2. The van der Waals surface area contributed by atoms with Gasteiger partial charge in [0, 0.05) is 30.0 Å². The lowest BCUT2D eigenvalue weighted by Gasteiger charge is -2.29. The minimum Gasteiger partial charge on any atom is -0.497 e. The maximum atomic E-state index is 12.8. The zero-order valence-electron chi connectivity index (χ0n) is 17.7. The number of piperidine rings is 1. The number of thiophene rings is 1. The molecule has 3 rings (SSSR count). The molecular weight excluding hydrogens is 440 g/mol. The fourth-order valence-electron chi connectivity index (χ4n) is 3.50. The summed E-state index contributed by atoms with van der Waals surface area (Å²) in [6.07, 6.45) is 2.04. The maximum Gasteiger partial charge on any atom is 0.341 e. The van der Waals surface area contributed by atoms with Crippen LogP contribution in [-0.2, 0) is 19.6 Å². The number of rotatable bonds is 7. The van der Waals surface area contributed by atoms with Crippen molar-refractivity contribution in [2.45, 2.75) is 19.8 Å². The van der Waals surface area contributed by atoms with Crippen LogP contribution in [0.3, 0.4) is 0 Å². The van der Waals surface area contributed by atoms with Crippen LogP contribution in [0.5, 0.6) is 5.75 Å². The molecule has 1 N–H and O–H groups in total. The quantitative estimate of drug-likeness (QED) is 0.629. The number of esters is 1. The molecule has 1 amide bonds. The van der Waals surface area contributed by atoms with Gasteiger partial charge in [0.05, 0.1) is 20.0 Å². The molecule has 0 bridgehead atoms. The summed E-state index contributed by atoms with van der Waals surface area (Å²) in [7, 11) is -1.68. The van der Waals surface area contributed by atoms with Gasteiger partial charge in [-0.2, -0.15) is 0 Å². The summed E-state index contributed by atoms with van der Waals surface area (Å²) in [5.74, 6) is -0.344. The van der Waals surface area contributed by atoms with Crippen molar-refractivity contribution in [1.82, 2.24) is 4.31 Å². The minimum atomic E-state index is -3.26. The molecule has 8 nitrogen and oxygen atoms in total. The summed E-state index contributed by atoms with van der Waals surface area (Å²) >= 11 is 1.26. The SMILES string of the molecule is CCOC(=O)c1c(-c2ccc(OC)cc2)csc1NC(=O)C1CCN(S(C)(=O)=O)CC1. The average Bonchev–Trinajstić information content (AvgIpc) is 3.17. The van der Waals surface area contributed by atoms with E-state index in [-0.39, 0.29) is 18.4 Å². The van der Waals surface area contributed by atoms with E-state index in [1.54, 1.807) is 26.2 Å². The number of methoxy groups -OCH3 is 1. The lowest BCUT2D eigenvalue weighted by atomic mass is 9.97. The molecule has 10 heteroatoms. The van der Waals surface area contributed by atoms with Gasteiger partial charge in [-0.15, -0.1) is 11.3 Å². The average molecular weight is 467 g/mol. The first-order valence-corrected chi connectivity index (χ1v) is 12.7. The van der Waals surface area contributed by atoms with Crippen LogP contribution in [0.15, 0.2) is 29.6 Å². The Morgan fingerprint density at radius 1 is 1.19 bits per heavy atom. The van der Waals surface area contributed by atoms with Gasteiger partial charge in [0.25, 0.3) is 0 Å². The van der Waals surface area contributed by atoms with E-state index in [0.717, 1.165) is 5.56 Å². The first-order valence-electron chi connectivity index (χ1n) is 9.93. The highest BCUT2D eigenvalue weighted by Crippen LogP contribution is 2.37. The highest BCUT2D eigenvalue weighted by Gasteiger charge is 2.30. The van der Waals surface area contributed by atoms with Crippen LogP contribution in [0.25, 0.3) is 11.1 Å². The highest BCUT2D eigenvalue weighted by atomic mass is 32.2. The first-order chi connectivity index (χ1) is 14.7. The smallest absolute Gasteiger partial charge is 0.341 e. The molecule has 0 unspecified atom stereocenters. The summed E-state index contributed by atoms with van der Waals surface area (Å²) in [6.45, 7) is 2.56. The van der Waals surface area contributed by atoms with Crippen molar-refractivity contribution < 1.29 is 27.5 Å². The largest absolute Gasteiger partial charge is 0.497 e. The molecule has 0 atom stereocenters. The Hall–Kier alpha value is -2.43. The monoisotopic (exact) mass is 466 g/mol. The number of hydrogen-bond donors (Lipinski definition) is 1. The number of hydrogen-bond acceptors (Lipinski definition) is 7. The molecule has 1 aromatic heterocycles. The number of sulfonamides is 1. The molecule has 0 radical (unpaired) electrons. The number of carbonyl (C=O) groups excluding carboxylic acids is 2. The molecule has 0 spiro atoms. The van der Waals surface area contributed by atoms with Gasteiger partial charge in [-0.05, 0) is 37.5 Å². The molecule has 1 saturated heterocycles. The van der Waals surface area contributed by atoms with Crippen molar-refractivity contribution in [3.63, 3.8) is 0 Å². The third-order valence-corrected chi connectivity index (χ3v) is 7.40. The Kier molecular flexibility index (Phi) is 7.34. The molecule has 0 aliphatic carbocycles. The molecule has 1 aliphatic rings. The van der Waals surface area contributed by atoms with E-state index < -0.39 is 16.0 Å².